The monoisotopic (exact) mass is 344 g/mol. The Morgan fingerprint density at radius 3 is 2.60 bits per heavy atom. The summed E-state index contributed by atoms with van der Waals surface area (Å²) >= 11 is 3.46. The zero-order chi connectivity index (χ0) is 14.8. The number of unbranched alkanes of at least 4 members (excludes halogenated alkanes) is 5. The van der Waals surface area contributed by atoms with Gasteiger partial charge in [-0.1, -0.05) is 61.4 Å². The first-order chi connectivity index (χ1) is 9.67. The molecule has 1 aromatic rings. The van der Waals surface area contributed by atoms with Crippen LogP contribution in [-0.4, -0.2) is 6.04 Å². The summed E-state index contributed by atoms with van der Waals surface area (Å²) in [7, 11) is 0. The third-order valence-electron chi connectivity index (χ3n) is 3.62. The van der Waals surface area contributed by atoms with Gasteiger partial charge in [-0.3, -0.25) is 11.3 Å². The van der Waals surface area contributed by atoms with Crippen LogP contribution in [0, 0.1) is 5.82 Å². The first-order valence-electron chi connectivity index (χ1n) is 7.57. The van der Waals surface area contributed by atoms with Crippen molar-refractivity contribution in [3.05, 3.63) is 34.1 Å². The summed E-state index contributed by atoms with van der Waals surface area (Å²) in [5.74, 6) is 5.42. The van der Waals surface area contributed by atoms with E-state index in [9.17, 15) is 4.39 Å². The molecule has 0 amide bonds. The summed E-state index contributed by atoms with van der Waals surface area (Å²) in [6.07, 6.45) is 9.44. The Hall–Kier alpha value is -0.450. The summed E-state index contributed by atoms with van der Waals surface area (Å²) in [4.78, 5) is 0. The SMILES string of the molecule is CCCCCCCCC(Cc1cc(F)ccc1Br)NN. The Kier molecular flexibility index (Phi) is 9.07. The Morgan fingerprint density at radius 1 is 1.20 bits per heavy atom. The summed E-state index contributed by atoms with van der Waals surface area (Å²) in [6, 6.07) is 5.00. The molecule has 0 radical (unpaired) electrons. The summed E-state index contributed by atoms with van der Waals surface area (Å²) in [5, 5.41) is 0. The number of hydrogen-bond donors (Lipinski definition) is 2. The maximum atomic E-state index is 13.3. The molecule has 1 unspecified atom stereocenters. The minimum Gasteiger partial charge on any atom is -0.271 e. The molecule has 2 nitrogen and oxygen atoms in total. The molecule has 1 rings (SSSR count). The summed E-state index contributed by atoms with van der Waals surface area (Å²) < 4.78 is 14.2. The van der Waals surface area contributed by atoms with E-state index >= 15 is 0 Å². The van der Waals surface area contributed by atoms with Gasteiger partial charge in [0.05, 0.1) is 0 Å². The van der Waals surface area contributed by atoms with Crippen LogP contribution >= 0.6 is 15.9 Å². The topological polar surface area (TPSA) is 38.0 Å². The lowest BCUT2D eigenvalue weighted by Gasteiger charge is -2.16. The van der Waals surface area contributed by atoms with Crippen molar-refractivity contribution < 1.29 is 4.39 Å². The highest BCUT2D eigenvalue weighted by molar-refractivity contribution is 9.10. The zero-order valence-electron chi connectivity index (χ0n) is 12.3. The van der Waals surface area contributed by atoms with Crippen molar-refractivity contribution in [2.24, 2.45) is 5.84 Å². The van der Waals surface area contributed by atoms with E-state index in [-0.39, 0.29) is 11.9 Å². The Morgan fingerprint density at radius 2 is 1.90 bits per heavy atom. The molecule has 0 heterocycles. The standard InChI is InChI=1S/C16H26BrFN2/c1-2-3-4-5-6-7-8-15(20-19)12-13-11-14(18)9-10-16(13)17/h9-11,15,20H,2-8,12,19H2,1H3. The fraction of sp³-hybridized carbons (Fsp3) is 0.625. The third-order valence-corrected chi connectivity index (χ3v) is 4.39. The number of halogens is 2. The number of hydrazine groups is 1. The number of benzene rings is 1. The molecular weight excluding hydrogens is 319 g/mol. The van der Waals surface area contributed by atoms with Gasteiger partial charge in [-0.25, -0.2) is 4.39 Å². The van der Waals surface area contributed by atoms with Crippen LogP contribution in [-0.2, 0) is 6.42 Å². The zero-order valence-corrected chi connectivity index (χ0v) is 13.9. The van der Waals surface area contributed by atoms with Crippen LogP contribution in [0.3, 0.4) is 0 Å². The second-order valence-corrected chi connectivity index (χ2v) is 6.21. The van der Waals surface area contributed by atoms with E-state index in [1.807, 2.05) is 0 Å². The van der Waals surface area contributed by atoms with Gasteiger partial charge < -0.3 is 0 Å². The van der Waals surface area contributed by atoms with Crippen LogP contribution in [0.5, 0.6) is 0 Å². The van der Waals surface area contributed by atoms with Gasteiger partial charge in [0.25, 0.3) is 0 Å². The molecule has 0 aliphatic carbocycles. The second-order valence-electron chi connectivity index (χ2n) is 5.36. The molecule has 0 aliphatic heterocycles. The van der Waals surface area contributed by atoms with Crippen molar-refractivity contribution in [3.8, 4) is 0 Å². The van der Waals surface area contributed by atoms with E-state index in [1.54, 1.807) is 12.1 Å². The van der Waals surface area contributed by atoms with Gasteiger partial charge in [-0.15, -0.1) is 0 Å². The molecule has 0 bridgehead atoms. The number of nitrogens with two attached hydrogens (primary N) is 1. The van der Waals surface area contributed by atoms with Gasteiger partial charge in [0.2, 0.25) is 0 Å². The molecule has 20 heavy (non-hydrogen) atoms. The molecule has 3 N–H and O–H groups in total. The molecule has 0 aliphatic rings. The van der Waals surface area contributed by atoms with Crippen molar-refractivity contribution in [1.29, 1.82) is 0 Å². The quantitative estimate of drug-likeness (QED) is 0.366. The van der Waals surface area contributed by atoms with Crippen LogP contribution < -0.4 is 11.3 Å². The van der Waals surface area contributed by atoms with Gasteiger partial charge >= 0.3 is 0 Å². The molecule has 0 spiro atoms. The molecule has 0 fully saturated rings. The van der Waals surface area contributed by atoms with E-state index in [2.05, 4.69) is 28.3 Å². The van der Waals surface area contributed by atoms with Crippen molar-refractivity contribution >= 4 is 15.9 Å². The molecule has 0 saturated heterocycles. The lowest BCUT2D eigenvalue weighted by Crippen LogP contribution is -2.36. The molecule has 1 aromatic carbocycles. The molecule has 4 heteroatoms. The van der Waals surface area contributed by atoms with E-state index < -0.39 is 0 Å². The normalized spacial score (nSPS) is 12.6. The Balaban J connectivity index is 2.33. The first-order valence-corrected chi connectivity index (χ1v) is 8.36. The predicted octanol–water partition coefficient (Wildman–Crippen LogP) is 4.71. The van der Waals surface area contributed by atoms with Gasteiger partial charge in [0.1, 0.15) is 5.82 Å². The number of nitrogens with one attached hydrogen (secondary N) is 1. The van der Waals surface area contributed by atoms with Crippen LogP contribution in [0.15, 0.2) is 22.7 Å². The highest BCUT2D eigenvalue weighted by atomic mass is 79.9. The van der Waals surface area contributed by atoms with Crippen LogP contribution in [0.1, 0.15) is 57.4 Å². The highest BCUT2D eigenvalue weighted by Crippen LogP contribution is 2.20. The van der Waals surface area contributed by atoms with Crippen molar-refractivity contribution in [1.82, 2.24) is 5.43 Å². The second kappa shape index (κ2) is 10.3. The fourth-order valence-corrected chi connectivity index (χ4v) is 2.79. The van der Waals surface area contributed by atoms with Crippen molar-refractivity contribution in [2.75, 3.05) is 0 Å². The van der Waals surface area contributed by atoms with Gasteiger partial charge in [-0.05, 0) is 36.6 Å². The minimum atomic E-state index is -0.196. The van der Waals surface area contributed by atoms with Crippen LogP contribution in [0.2, 0.25) is 0 Å². The van der Waals surface area contributed by atoms with Crippen LogP contribution in [0.25, 0.3) is 0 Å². The molecule has 0 aromatic heterocycles. The first kappa shape index (κ1) is 17.6. The third kappa shape index (κ3) is 6.82. The van der Waals surface area contributed by atoms with E-state index in [4.69, 9.17) is 5.84 Å². The largest absolute Gasteiger partial charge is 0.271 e. The minimum absolute atomic E-state index is 0.196. The smallest absolute Gasteiger partial charge is 0.123 e. The van der Waals surface area contributed by atoms with Gasteiger partial charge in [-0.2, -0.15) is 0 Å². The number of rotatable bonds is 10. The lowest BCUT2D eigenvalue weighted by molar-refractivity contribution is 0.458. The molecule has 114 valence electrons. The molecule has 1 atom stereocenters. The molecular formula is C16H26BrFN2. The predicted molar refractivity (Wildman–Crippen MR) is 86.9 cm³/mol. The van der Waals surface area contributed by atoms with E-state index in [0.29, 0.717) is 0 Å². The highest BCUT2D eigenvalue weighted by Gasteiger charge is 2.10. The summed E-state index contributed by atoms with van der Waals surface area (Å²) in [6.45, 7) is 2.23. The molecule has 0 saturated carbocycles. The average Bonchev–Trinajstić information content (AvgIpc) is 2.45. The maximum Gasteiger partial charge on any atom is 0.123 e. The Labute approximate surface area is 130 Å². The Bertz CT molecular complexity index is 385. The summed E-state index contributed by atoms with van der Waals surface area (Å²) in [5.41, 5.74) is 3.83. The van der Waals surface area contributed by atoms with E-state index in [1.165, 1.54) is 44.6 Å². The fourth-order valence-electron chi connectivity index (χ4n) is 2.38. The lowest BCUT2D eigenvalue weighted by atomic mass is 10.00. The van der Waals surface area contributed by atoms with Crippen molar-refractivity contribution in [2.45, 2.75) is 64.3 Å². The maximum absolute atomic E-state index is 13.3. The number of hydrogen-bond acceptors (Lipinski definition) is 2. The van der Waals surface area contributed by atoms with Crippen LogP contribution in [0.4, 0.5) is 4.39 Å². The van der Waals surface area contributed by atoms with E-state index in [0.717, 1.165) is 22.9 Å². The van der Waals surface area contributed by atoms with Gasteiger partial charge in [0, 0.05) is 10.5 Å². The van der Waals surface area contributed by atoms with Gasteiger partial charge in [0.15, 0.2) is 0 Å². The average molecular weight is 345 g/mol. The van der Waals surface area contributed by atoms with Crippen molar-refractivity contribution in [3.63, 3.8) is 0 Å².